The number of carboxylic acids is 1. The fourth-order valence-corrected chi connectivity index (χ4v) is 1.72. The van der Waals surface area contributed by atoms with Gasteiger partial charge in [-0.1, -0.05) is 13.8 Å². The lowest BCUT2D eigenvalue weighted by Gasteiger charge is -2.26. The van der Waals surface area contributed by atoms with Gasteiger partial charge in [0.2, 0.25) is 6.41 Å². The maximum Gasteiger partial charge on any atom is 0.326 e. The molecule has 0 aromatic heterocycles. The van der Waals surface area contributed by atoms with Crippen molar-refractivity contribution in [3.63, 3.8) is 0 Å². The van der Waals surface area contributed by atoms with Crippen molar-refractivity contribution >= 4 is 12.4 Å². The summed E-state index contributed by atoms with van der Waals surface area (Å²) >= 11 is 0. The van der Waals surface area contributed by atoms with Gasteiger partial charge in [0.25, 0.3) is 0 Å². The molecule has 1 fully saturated rings. The van der Waals surface area contributed by atoms with Gasteiger partial charge in [-0.2, -0.15) is 0 Å². The molecule has 1 heterocycles. The molecule has 12 heavy (non-hydrogen) atoms. The molecule has 0 bridgehead atoms. The van der Waals surface area contributed by atoms with E-state index in [9.17, 15) is 9.59 Å². The second-order valence-electron chi connectivity index (χ2n) is 3.82. The fourth-order valence-electron chi connectivity index (χ4n) is 1.72. The van der Waals surface area contributed by atoms with Crippen LogP contribution in [0.4, 0.5) is 0 Å². The minimum Gasteiger partial charge on any atom is -0.480 e. The van der Waals surface area contributed by atoms with E-state index in [0.717, 1.165) is 6.42 Å². The van der Waals surface area contributed by atoms with Crippen molar-refractivity contribution in [3.05, 3.63) is 0 Å². The van der Waals surface area contributed by atoms with E-state index in [-0.39, 0.29) is 5.41 Å². The highest BCUT2D eigenvalue weighted by Crippen LogP contribution is 2.35. The highest BCUT2D eigenvalue weighted by molar-refractivity contribution is 5.78. The van der Waals surface area contributed by atoms with E-state index in [1.165, 1.54) is 4.90 Å². The number of nitrogens with zero attached hydrogens (tertiary/aromatic N) is 1. The van der Waals surface area contributed by atoms with Gasteiger partial charge in [-0.25, -0.2) is 4.79 Å². The molecule has 1 atom stereocenters. The first-order valence-electron chi connectivity index (χ1n) is 3.93. The Bertz CT molecular complexity index is 212. The molecule has 1 aliphatic heterocycles. The predicted octanol–water partition coefficient (Wildman–Crippen LogP) is 0.328. The molecule has 1 N–H and O–H groups in total. The third-order valence-corrected chi connectivity index (χ3v) is 2.46. The first-order valence-corrected chi connectivity index (χ1v) is 3.93. The average Bonchev–Trinajstić information content (AvgIpc) is 2.24. The van der Waals surface area contributed by atoms with Crippen molar-refractivity contribution in [1.82, 2.24) is 4.90 Å². The molecule has 1 rings (SSSR count). The summed E-state index contributed by atoms with van der Waals surface area (Å²) in [6, 6.07) is -0.657. The van der Waals surface area contributed by atoms with Crippen molar-refractivity contribution in [2.45, 2.75) is 26.3 Å². The summed E-state index contributed by atoms with van der Waals surface area (Å²) in [7, 11) is 0. The zero-order chi connectivity index (χ0) is 9.35. The van der Waals surface area contributed by atoms with Gasteiger partial charge >= 0.3 is 5.97 Å². The minimum atomic E-state index is -0.912. The Balaban J connectivity index is 2.87. The molecule has 1 aliphatic rings. The van der Waals surface area contributed by atoms with Crippen molar-refractivity contribution in [3.8, 4) is 0 Å². The Labute approximate surface area is 71.2 Å². The largest absolute Gasteiger partial charge is 0.480 e. The van der Waals surface area contributed by atoms with Gasteiger partial charge in [0, 0.05) is 6.54 Å². The second-order valence-corrected chi connectivity index (χ2v) is 3.82. The van der Waals surface area contributed by atoms with Crippen LogP contribution < -0.4 is 0 Å². The van der Waals surface area contributed by atoms with E-state index in [4.69, 9.17) is 5.11 Å². The maximum absolute atomic E-state index is 10.8. The van der Waals surface area contributed by atoms with Crippen molar-refractivity contribution in [1.29, 1.82) is 0 Å². The molecule has 1 unspecified atom stereocenters. The summed E-state index contributed by atoms with van der Waals surface area (Å²) < 4.78 is 0. The molecule has 1 amide bonds. The average molecular weight is 171 g/mol. The number of rotatable bonds is 2. The molecule has 0 aromatic rings. The topological polar surface area (TPSA) is 57.6 Å². The first kappa shape index (κ1) is 9.03. The second kappa shape index (κ2) is 2.77. The van der Waals surface area contributed by atoms with E-state index in [1.807, 2.05) is 13.8 Å². The lowest BCUT2D eigenvalue weighted by Crippen LogP contribution is -2.42. The number of hydrogen-bond acceptors (Lipinski definition) is 2. The monoisotopic (exact) mass is 171 g/mol. The summed E-state index contributed by atoms with van der Waals surface area (Å²) in [5.74, 6) is -0.912. The Morgan fingerprint density at radius 3 is 2.58 bits per heavy atom. The highest BCUT2D eigenvalue weighted by Gasteiger charge is 2.44. The van der Waals surface area contributed by atoms with E-state index in [1.54, 1.807) is 0 Å². The Hall–Kier alpha value is -1.06. The molecule has 1 saturated heterocycles. The molecular weight excluding hydrogens is 158 g/mol. The number of carbonyl (C=O) groups is 2. The van der Waals surface area contributed by atoms with Crippen molar-refractivity contribution in [2.75, 3.05) is 6.54 Å². The molecule has 0 radical (unpaired) electrons. The molecule has 4 heteroatoms. The van der Waals surface area contributed by atoms with Crippen LogP contribution in [0.3, 0.4) is 0 Å². The van der Waals surface area contributed by atoms with Gasteiger partial charge in [-0.05, 0) is 11.8 Å². The predicted molar refractivity (Wildman–Crippen MR) is 42.6 cm³/mol. The summed E-state index contributed by atoms with van der Waals surface area (Å²) in [6.45, 7) is 4.29. The van der Waals surface area contributed by atoms with Gasteiger partial charge in [-0.15, -0.1) is 0 Å². The summed E-state index contributed by atoms with van der Waals surface area (Å²) in [6.07, 6.45) is 1.37. The quantitative estimate of drug-likeness (QED) is 0.609. The zero-order valence-electron chi connectivity index (χ0n) is 7.28. The standard InChI is InChI=1S/C8H13NO3/c1-8(2)3-4-9(5-10)6(8)7(11)12/h5-6H,3-4H2,1-2H3,(H,11,12). The molecule has 0 saturated carbocycles. The van der Waals surface area contributed by atoms with E-state index >= 15 is 0 Å². The fraction of sp³-hybridized carbons (Fsp3) is 0.750. The number of carboxylic acid groups (broad SMARTS) is 1. The Morgan fingerprint density at radius 2 is 2.25 bits per heavy atom. The van der Waals surface area contributed by atoms with Crippen LogP contribution in [0.2, 0.25) is 0 Å². The van der Waals surface area contributed by atoms with Gasteiger partial charge in [0.1, 0.15) is 6.04 Å². The third-order valence-electron chi connectivity index (χ3n) is 2.46. The number of aliphatic carboxylic acids is 1. The van der Waals surface area contributed by atoms with Gasteiger partial charge < -0.3 is 10.0 Å². The summed E-state index contributed by atoms with van der Waals surface area (Å²) in [5, 5.41) is 8.85. The first-order chi connectivity index (χ1) is 5.49. The lowest BCUT2D eigenvalue weighted by molar-refractivity contribution is -0.147. The van der Waals surface area contributed by atoms with Crippen LogP contribution >= 0.6 is 0 Å². The summed E-state index contributed by atoms with van der Waals surface area (Å²) in [5.41, 5.74) is -0.299. The van der Waals surface area contributed by atoms with Crippen LogP contribution in [0.25, 0.3) is 0 Å². The van der Waals surface area contributed by atoms with E-state index in [2.05, 4.69) is 0 Å². The molecule has 68 valence electrons. The Morgan fingerprint density at radius 1 is 1.67 bits per heavy atom. The van der Waals surface area contributed by atoms with Gasteiger partial charge in [0.05, 0.1) is 0 Å². The SMILES string of the molecule is CC1(C)CCN(C=O)C1C(=O)O. The maximum atomic E-state index is 10.8. The van der Waals surface area contributed by atoms with Crippen LogP contribution in [0, 0.1) is 5.41 Å². The molecule has 0 aromatic carbocycles. The highest BCUT2D eigenvalue weighted by atomic mass is 16.4. The van der Waals surface area contributed by atoms with Gasteiger partial charge in [0.15, 0.2) is 0 Å². The lowest BCUT2D eigenvalue weighted by atomic mass is 9.85. The normalized spacial score (nSPS) is 27.2. The third kappa shape index (κ3) is 1.29. The van der Waals surface area contributed by atoms with E-state index < -0.39 is 12.0 Å². The van der Waals surface area contributed by atoms with E-state index in [0.29, 0.717) is 13.0 Å². The molecule has 0 aliphatic carbocycles. The van der Waals surface area contributed by atoms with Crippen LogP contribution in [0.1, 0.15) is 20.3 Å². The minimum absolute atomic E-state index is 0.299. The Kier molecular flexibility index (Phi) is 2.08. The van der Waals surface area contributed by atoms with Crippen molar-refractivity contribution < 1.29 is 14.7 Å². The number of carbonyl (C=O) groups excluding carboxylic acids is 1. The number of likely N-dealkylation sites (tertiary alicyclic amines) is 1. The molecule has 0 spiro atoms. The summed E-state index contributed by atoms with van der Waals surface area (Å²) in [4.78, 5) is 22.6. The molecule has 4 nitrogen and oxygen atoms in total. The van der Waals surface area contributed by atoms with Crippen LogP contribution in [0.15, 0.2) is 0 Å². The van der Waals surface area contributed by atoms with Crippen molar-refractivity contribution in [2.24, 2.45) is 5.41 Å². The smallest absolute Gasteiger partial charge is 0.326 e. The number of hydrogen-bond donors (Lipinski definition) is 1. The van der Waals surface area contributed by atoms with Crippen LogP contribution in [0.5, 0.6) is 0 Å². The van der Waals surface area contributed by atoms with Gasteiger partial charge in [-0.3, -0.25) is 4.79 Å². The van der Waals surface area contributed by atoms with Crippen LogP contribution in [-0.2, 0) is 9.59 Å². The zero-order valence-corrected chi connectivity index (χ0v) is 7.28. The molecular formula is C8H13NO3. The van der Waals surface area contributed by atoms with Crippen LogP contribution in [-0.4, -0.2) is 35.0 Å². The number of amides is 1.